The highest BCUT2D eigenvalue weighted by molar-refractivity contribution is 5.83. The van der Waals surface area contributed by atoms with E-state index in [1.54, 1.807) is 18.2 Å². The molecule has 2 N–H and O–H groups in total. The van der Waals surface area contributed by atoms with Gasteiger partial charge in [-0.1, -0.05) is 0 Å². The van der Waals surface area contributed by atoms with E-state index in [2.05, 4.69) is 0 Å². The monoisotopic (exact) mass is 233 g/mol. The van der Waals surface area contributed by atoms with Crippen LogP contribution in [-0.2, 0) is 16.1 Å². The van der Waals surface area contributed by atoms with Gasteiger partial charge in [0, 0.05) is 35.7 Å². The smallest absolute Gasteiger partial charge is 0.336 e. The van der Waals surface area contributed by atoms with E-state index in [1.807, 2.05) is 0 Å². The topological polar surface area (TPSA) is 82.5 Å². The minimum atomic E-state index is -0.495. The molecule has 0 aliphatic rings. The van der Waals surface area contributed by atoms with Crippen LogP contribution < -0.4 is 11.4 Å². The van der Waals surface area contributed by atoms with Crippen LogP contribution in [-0.4, -0.2) is 5.97 Å². The van der Waals surface area contributed by atoms with Crippen LogP contribution in [0.3, 0.4) is 0 Å². The van der Waals surface area contributed by atoms with Crippen LogP contribution in [0, 0.1) is 0 Å². The first-order valence-electron chi connectivity index (χ1n) is 5.02. The fourth-order valence-corrected chi connectivity index (χ4v) is 1.55. The zero-order valence-electron chi connectivity index (χ0n) is 9.23. The maximum absolute atomic E-state index is 11.3. The number of nitrogen functional groups attached to an aromatic ring is 1. The van der Waals surface area contributed by atoms with Crippen LogP contribution in [0.4, 0.5) is 5.69 Å². The highest BCUT2D eigenvalue weighted by Crippen LogP contribution is 2.20. The van der Waals surface area contributed by atoms with Crippen molar-refractivity contribution in [3.63, 3.8) is 0 Å². The molecule has 0 aliphatic heterocycles. The number of benzene rings is 1. The second-order valence-electron chi connectivity index (χ2n) is 3.63. The Morgan fingerprint density at radius 1 is 1.41 bits per heavy atom. The third-order valence-electron chi connectivity index (χ3n) is 2.29. The van der Waals surface area contributed by atoms with Gasteiger partial charge in [-0.2, -0.15) is 0 Å². The Hall–Kier alpha value is -2.30. The summed E-state index contributed by atoms with van der Waals surface area (Å²) in [6, 6.07) is 6.29. The lowest BCUT2D eigenvalue weighted by Gasteiger charge is -2.05. The van der Waals surface area contributed by atoms with Crippen LogP contribution >= 0.6 is 0 Å². The van der Waals surface area contributed by atoms with Gasteiger partial charge in [0.1, 0.15) is 12.2 Å². The minimum Gasteiger partial charge on any atom is -0.461 e. The third kappa shape index (κ3) is 2.44. The average Bonchev–Trinajstić information content (AvgIpc) is 2.24. The molecule has 0 saturated carbocycles. The number of fused-ring (bicyclic) bond motifs is 1. The third-order valence-corrected chi connectivity index (χ3v) is 2.29. The summed E-state index contributed by atoms with van der Waals surface area (Å²) in [4.78, 5) is 22.1. The number of esters is 1. The Bertz CT molecular complexity index is 630. The van der Waals surface area contributed by atoms with E-state index in [1.165, 1.54) is 13.0 Å². The molecule has 0 aliphatic carbocycles. The summed E-state index contributed by atoms with van der Waals surface area (Å²) in [5, 5.41) is 0.708. The van der Waals surface area contributed by atoms with Gasteiger partial charge >= 0.3 is 11.6 Å². The molecule has 5 heteroatoms. The summed E-state index contributed by atoms with van der Waals surface area (Å²) < 4.78 is 9.88. The van der Waals surface area contributed by atoms with Crippen molar-refractivity contribution in [2.75, 3.05) is 5.73 Å². The second kappa shape index (κ2) is 4.29. The number of carbonyl (C=O) groups excluding carboxylic acids is 1. The first kappa shape index (κ1) is 11.2. The molecule has 0 unspecified atom stereocenters. The molecule has 2 rings (SSSR count). The van der Waals surface area contributed by atoms with E-state index in [-0.39, 0.29) is 6.61 Å². The van der Waals surface area contributed by atoms with E-state index >= 15 is 0 Å². The van der Waals surface area contributed by atoms with Crippen molar-refractivity contribution in [2.24, 2.45) is 0 Å². The number of ether oxygens (including phenoxy) is 1. The molecule has 0 spiro atoms. The maximum Gasteiger partial charge on any atom is 0.336 e. The van der Waals surface area contributed by atoms with Gasteiger partial charge < -0.3 is 14.9 Å². The maximum atomic E-state index is 11.3. The normalized spacial score (nSPS) is 10.4. The van der Waals surface area contributed by atoms with Crippen LogP contribution in [0.2, 0.25) is 0 Å². The zero-order valence-corrected chi connectivity index (χ0v) is 9.23. The summed E-state index contributed by atoms with van der Waals surface area (Å²) in [6.45, 7) is 1.35. The van der Waals surface area contributed by atoms with Crippen LogP contribution in [0.15, 0.2) is 33.5 Å². The average molecular weight is 233 g/mol. The van der Waals surface area contributed by atoms with E-state index in [0.29, 0.717) is 22.2 Å². The van der Waals surface area contributed by atoms with Crippen molar-refractivity contribution in [3.05, 3.63) is 40.2 Å². The van der Waals surface area contributed by atoms with Crippen molar-refractivity contribution in [2.45, 2.75) is 13.5 Å². The summed E-state index contributed by atoms with van der Waals surface area (Å²) in [5.74, 6) is -0.401. The molecule has 0 atom stereocenters. The molecule has 0 bridgehead atoms. The van der Waals surface area contributed by atoms with Gasteiger partial charge in [0.25, 0.3) is 0 Å². The standard InChI is InChI=1S/C12H11NO4/c1-7(14)16-6-8-4-12(15)17-11-5-9(13)2-3-10(8)11/h2-5H,6,13H2,1H3. The quantitative estimate of drug-likeness (QED) is 0.482. The van der Waals surface area contributed by atoms with Gasteiger partial charge in [-0.3, -0.25) is 4.79 Å². The first-order chi connectivity index (χ1) is 8.06. The largest absolute Gasteiger partial charge is 0.461 e. The molecule has 5 nitrogen and oxygen atoms in total. The van der Waals surface area contributed by atoms with E-state index < -0.39 is 11.6 Å². The number of hydrogen-bond donors (Lipinski definition) is 1. The second-order valence-corrected chi connectivity index (χ2v) is 3.63. The lowest BCUT2D eigenvalue weighted by atomic mass is 10.1. The molecule has 0 amide bonds. The Kier molecular flexibility index (Phi) is 2.82. The van der Waals surface area contributed by atoms with Crippen molar-refractivity contribution in [3.8, 4) is 0 Å². The molecule has 1 heterocycles. The summed E-state index contributed by atoms with van der Waals surface area (Å²) in [6.07, 6.45) is 0. The summed E-state index contributed by atoms with van der Waals surface area (Å²) >= 11 is 0. The number of nitrogens with two attached hydrogens (primary N) is 1. The molecular weight excluding hydrogens is 222 g/mol. The summed E-state index contributed by atoms with van der Waals surface area (Å²) in [7, 11) is 0. The zero-order chi connectivity index (χ0) is 12.4. The molecule has 1 aromatic carbocycles. The van der Waals surface area contributed by atoms with E-state index in [9.17, 15) is 9.59 Å². The van der Waals surface area contributed by atoms with Crippen LogP contribution in [0.5, 0.6) is 0 Å². The highest BCUT2D eigenvalue weighted by atomic mass is 16.5. The Morgan fingerprint density at radius 3 is 2.88 bits per heavy atom. The highest BCUT2D eigenvalue weighted by Gasteiger charge is 2.07. The Morgan fingerprint density at radius 2 is 2.18 bits per heavy atom. The van der Waals surface area contributed by atoms with Gasteiger partial charge in [-0.05, 0) is 12.1 Å². The lowest BCUT2D eigenvalue weighted by molar-refractivity contribution is -0.142. The van der Waals surface area contributed by atoms with Gasteiger partial charge in [-0.25, -0.2) is 4.79 Å². The number of rotatable bonds is 2. The molecule has 1 aromatic heterocycles. The van der Waals surface area contributed by atoms with Gasteiger partial charge in [-0.15, -0.1) is 0 Å². The van der Waals surface area contributed by atoms with Crippen LogP contribution in [0.1, 0.15) is 12.5 Å². The lowest BCUT2D eigenvalue weighted by Crippen LogP contribution is -2.05. The van der Waals surface area contributed by atoms with Crippen LogP contribution in [0.25, 0.3) is 11.0 Å². The number of carbonyl (C=O) groups is 1. The predicted molar refractivity (Wildman–Crippen MR) is 62.4 cm³/mol. The van der Waals surface area contributed by atoms with Crippen molar-refractivity contribution < 1.29 is 13.9 Å². The Labute approximate surface area is 96.8 Å². The first-order valence-corrected chi connectivity index (χ1v) is 5.02. The molecule has 0 radical (unpaired) electrons. The SMILES string of the molecule is CC(=O)OCc1cc(=O)oc2cc(N)ccc12. The molecule has 2 aromatic rings. The molecule has 0 saturated heterocycles. The molecular formula is C12H11NO4. The van der Waals surface area contributed by atoms with Gasteiger partial charge in [0.15, 0.2) is 0 Å². The number of anilines is 1. The van der Waals surface area contributed by atoms with Gasteiger partial charge in [0.05, 0.1) is 0 Å². The van der Waals surface area contributed by atoms with E-state index in [0.717, 1.165) is 0 Å². The van der Waals surface area contributed by atoms with E-state index in [4.69, 9.17) is 14.9 Å². The van der Waals surface area contributed by atoms with Crippen molar-refractivity contribution >= 4 is 22.6 Å². The summed E-state index contributed by atoms with van der Waals surface area (Å²) in [5.41, 5.74) is 6.60. The van der Waals surface area contributed by atoms with Crippen molar-refractivity contribution in [1.29, 1.82) is 0 Å². The molecule has 0 fully saturated rings. The minimum absolute atomic E-state index is 0.0430. The Balaban J connectivity index is 2.53. The molecule has 88 valence electrons. The fraction of sp³-hybridized carbons (Fsp3) is 0.167. The van der Waals surface area contributed by atoms with Crippen molar-refractivity contribution in [1.82, 2.24) is 0 Å². The fourth-order valence-electron chi connectivity index (χ4n) is 1.55. The van der Waals surface area contributed by atoms with Gasteiger partial charge in [0.2, 0.25) is 0 Å². The number of hydrogen-bond acceptors (Lipinski definition) is 5. The predicted octanol–water partition coefficient (Wildman–Crippen LogP) is 1.44. The molecule has 17 heavy (non-hydrogen) atoms.